The number of nitrogens with one attached hydrogen (secondary N) is 2. The number of hydrogen-bond acceptors (Lipinski definition) is 4. The Kier molecular flexibility index (Phi) is 2.06. The number of nitrogens with zero attached hydrogens (tertiary/aromatic N) is 2. The van der Waals surface area contributed by atoms with E-state index in [1.54, 1.807) is 12.1 Å². The van der Waals surface area contributed by atoms with Gasteiger partial charge in [-0.1, -0.05) is 6.58 Å². The van der Waals surface area contributed by atoms with Crippen LogP contribution in [0.3, 0.4) is 0 Å². The first-order valence-corrected chi connectivity index (χ1v) is 5.10. The maximum atomic E-state index is 11.8. The number of anilines is 1. The van der Waals surface area contributed by atoms with Crippen molar-refractivity contribution in [2.75, 3.05) is 4.90 Å². The molecule has 2 aromatic rings. The van der Waals surface area contributed by atoms with Gasteiger partial charge in [-0.15, -0.1) is 0 Å². The highest BCUT2D eigenvalue weighted by atomic mass is 16.4. The second-order valence-electron chi connectivity index (χ2n) is 3.67. The summed E-state index contributed by atoms with van der Waals surface area (Å²) in [5.74, 6) is -0.350. The average molecular weight is 244 g/mol. The summed E-state index contributed by atoms with van der Waals surface area (Å²) in [6, 6.07) is 1.18. The molecule has 0 saturated carbocycles. The molecule has 0 spiro atoms. The Hall–Kier alpha value is -2.83. The number of aromatic nitrogens is 2. The molecule has 3 rings (SSSR count). The summed E-state index contributed by atoms with van der Waals surface area (Å²) in [7, 11) is 0. The number of carbonyl (C=O) groups excluding carboxylic acids is 1. The maximum absolute atomic E-state index is 11.8. The summed E-state index contributed by atoms with van der Waals surface area (Å²) in [5, 5.41) is 2.54. The smallest absolute Gasteiger partial charge is 0.404 e. The van der Waals surface area contributed by atoms with Gasteiger partial charge >= 0.3 is 11.8 Å². The largest absolute Gasteiger partial charge is 0.417 e. The molecule has 0 fully saturated rings. The van der Waals surface area contributed by atoms with E-state index in [0.29, 0.717) is 11.2 Å². The summed E-state index contributed by atoms with van der Waals surface area (Å²) < 4.78 is 4.98. The van der Waals surface area contributed by atoms with Crippen molar-refractivity contribution in [3.63, 3.8) is 0 Å². The number of fused-ring (bicyclic) bond motifs is 1. The summed E-state index contributed by atoms with van der Waals surface area (Å²) in [6.45, 7) is 3.61. The summed E-state index contributed by atoms with van der Waals surface area (Å²) in [6.07, 6.45) is 4.61. The predicted molar refractivity (Wildman–Crippen MR) is 63.9 cm³/mol. The van der Waals surface area contributed by atoms with E-state index in [9.17, 15) is 9.59 Å². The molecule has 0 bridgehead atoms. The fourth-order valence-corrected chi connectivity index (χ4v) is 1.67. The number of urea groups is 1. The second kappa shape index (κ2) is 3.59. The van der Waals surface area contributed by atoms with Crippen LogP contribution in [0.2, 0.25) is 0 Å². The van der Waals surface area contributed by atoms with Crippen molar-refractivity contribution >= 4 is 22.9 Å². The van der Waals surface area contributed by atoms with Gasteiger partial charge in [0, 0.05) is 18.1 Å². The van der Waals surface area contributed by atoms with Crippen LogP contribution in [0, 0.1) is 0 Å². The molecule has 0 atom stereocenters. The monoisotopic (exact) mass is 244 g/mol. The molecule has 0 aliphatic carbocycles. The number of hydrogen-bond donors (Lipinski definition) is 2. The Labute approximate surface area is 100 Å². The third-order valence-electron chi connectivity index (χ3n) is 2.46. The molecular weight excluding hydrogens is 236 g/mol. The molecule has 2 aromatic heterocycles. The van der Waals surface area contributed by atoms with Gasteiger partial charge in [-0.2, -0.15) is 0 Å². The molecule has 0 radical (unpaired) electrons. The standard InChI is InChI=1S/C11H8N4O3/c1-6-3-5-15(10(16)13-6)9-8-7(2-4-12-9)14-11(17)18-8/h2-5H,1H2,(H,13,16)(H,14,17). The lowest BCUT2D eigenvalue weighted by molar-refractivity contribution is 0.250. The van der Waals surface area contributed by atoms with E-state index in [0.717, 1.165) is 0 Å². The third-order valence-corrected chi connectivity index (χ3v) is 2.46. The third kappa shape index (κ3) is 1.49. The van der Waals surface area contributed by atoms with Gasteiger partial charge in [0.2, 0.25) is 0 Å². The van der Waals surface area contributed by atoms with E-state index < -0.39 is 11.8 Å². The number of H-pyrrole nitrogens is 1. The van der Waals surface area contributed by atoms with Crippen LogP contribution in [0.25, 0.3) is 11.1 Å². The van der Waals surface area contributed by atoms with Crippen LogP contribution in [0.5, 0.6) is 0 Å². The molecule has 0 saturated heterocycles. The first kappa shape index (κ1) is 10.3. The van der Waals surface area contributed by atoms with Crippen molar-refractivity contribution in [3.05, 3.63) is 47.4 Å². The molecule has 3 heterocycles. The van der Waals surface area contributed by atoms with Crippen LogP contribution in [-0.4, -0.2) is 16.0 Å². The minimum absolute atomic E-state index is 0.231. The van der Waals surface area contributed by atoms with E-state index >= 15 is 0 Å². The van der Waals surface area contributed by atoms with Crippen molar-refractivity contribution in [1.82, 2.24) is 15.3 Å². The van der Waals surface area contributed by atoms with Crippen molar-refractivity contribution in [1.29, 1.82) is 0 Å². The Morgan fingerprint density at radius 2 is 2.22 bits per heavy atom. The highest BCUT2D eigenvalue weighted by Crippen LogP contribution is 2.23. The Morgan fingerprint density at radius 3 is 3.00 bits per heavy atom. The van der Waals surface area contributed by atoms with Crippen LogP contribution in [0.15, 0.2) is 46.0 Å². The zero-order valence-corrected chi connectivity index (χ0v) is 9.14. The normalized spacial score (nSPS) is 15.2. The SMILES string of the molecule is C=C1C=CN(c2nccc3[nH]c(=O)oc23)C(=O)N1. The molecule has 90 valence electrons. The van der Waals surface area contributed by atoms with Crippen molar-refractivity contribution in [3.8, 4) is 0 Å². The molecule has 7 heteroatoms. The highest BCUT2D eigenvalue weighted by molar-refractivity contribution is 6.01. The minimum Gasteiger partial charge on any atom is -0.404 e. The zero-order valence-electron chi connectivity index (χ0n) is 9.14. The van der Waals surface area contributed by atoms with Crippen LogP contribution in [0.4, 0.5) is 10.6 Å². The van der Waals surface area contributed by atoms with Gasteiger partial charge in [0.15, 0.2) is 11.4 Å². The minimum atomic E-state index is -0.593. The molecule has 0 aromatic carbocycles. The Bertz CT molecular complexity index is 740. The zero-order chi connectivity index (χ0) is 12.7. The Balaban J connectivity index is 2.20. The molecule has 2 amide bonds. The number of carbonyl (C=O) groups is 1. The van der Waals surface area contributed by atoms with Gasteiger partial charge < -0.3 is 9.73 Å². The van der Waals surface area contributed by atoms with E-state index in [4.69, 9.17) is 4.42 Å². The Morgan fingerprint density at radius 1 is 1.39 bits per heavy atom. The van der Waals surface area contributed by atoms with Gasteiger partial charge in [-0.3, -0.25) is 4.98 Å². The van der Waals surface area contributed by atoms with Crippen molar-refractivity contribution < 1.29 is 9.21 Å². The molecule has 18 heavy (non-hydrogen) atoms. The number of allylic oxidation sites excluding steroid dienone is 1. The first-order valence-electron chi connectivity index (χ1n) is 5.10. The number of aromatic amines is 1. The van der Waals surface area contributed by atoms with E-state index in [2.05, 4.69) is 21.9 Å². The van der Waals surface area contributed by atoms with Gasteiger partial charge in [-0.05, 0) is 12.1 Å². The lowest BCUT2D eigenvalue weighted by Crippen LogP contribution is -2.39. The number of pyridine rings is 1. The van der Waals surface area contributed by atoms with Crippen molar-refractivity contribution in [2.45, 2.75) is 0 Å². The van der Waals surface area contributed by atoms with E-state index in [1.807, 2.05) is 0 Å². The number of oxazole rings is 1. The summed E-state index contributed by atoms with van der Waals surface area (Å²) >= 11 is 0. The fourth-order valence-electron chi connectivity index (χ4n) is 1.67. The molecule has 2 N–H and O–H groups in total. The fraction of sp³-hybridized carbons (Fsp3) is 0. The lowest BCUT2D eigenvalue weighted by atomic mass is 10.3. The van der Waals surface area contributed by atoms with Crippen LogP contribution < -0.4 is 16.0 Å². The molecule has 0 unspecified atom stereocenters. The van der Waals surface area contributed by atoms with Crippen LogP contribution in [0.1, 0.15) is 0 Å². The van der Waals surface area contributed by atoms with Crippen LogP contribution in [-0.2, 0) is 0 Å². The molecular formula is C11H8N4O3. The molecule has 1 aliphatic heterocycles. The van der Waals surface area contributed by atoms with E-state index in [1.165, 1.54) is 17.3 Å². The van der Waals surface area contributed by atoms with Crippen molar-refractivity contribution in [2.24, 2.45) is 0 Å². The van der Waals surface area contributed by atoms with Gasteiger partial charge in [0.25, 0.3) is 0 Å². The molecule has 1 aliphatic rings. The second-order valence-corrected chi connectivity index (χ2v) is 3.67. The number of amides is 2. The maximum Gasteiger partial charge on any atom is 0.417 e. The average Bonchev–Trinajstić information content (AvgIpc) is 2.69. The van der Waals surface area contributed by atoms with Gasteiger partial charge in [0.05, 0.1) is 5.52 Å². The lowest BCUT2D eigenvalue weighted by Gasteiger charge is -2.21. The topological polar surface area (TPSA) is 91.2 Å². The van der Waals surface area contributed by atoms with Gasteiger partial charge in [-0.25, -0.2) is 19.5 Å². The first-order chi connectivity index (χ1) is 8.65. The quantitative estimate of drug-likeness (QED) is 0.785. The molecule has 7 nitrogen and oxygen atoms in total. The van der Waals surface area contributed by atoms with Crippen LogP contribution >= 0.6 is 0 Å². The predicted octanol–water partition coefficient (Wildman–Crippen LogP) is 1.07. The number of rotatable bonds is 1. The summed E-state index contributed by atoms with van der Waals surface area (Å²) in [4.78, 5) is 30.7. The highest BCUT2D eigenvalue weighted by Gasteiger charge is 2.22. The van der Waals surface area contributed by atoms with Gasteiger partial charge in [0.1, 0.15) is 0 Å². The van der Waals surface area contributed by atoms with E-state index in [-0.39, 0.29) is 11.4 Å². The summed E-state index contributed by atoms with van der Waals surface area (Å²) in [5.41, 5.74) is 1.20.